The van der Waals surface area contributed by atoms with E-state index in [0.717, 1.165) is 48.3 Å². The van der Waals surface area contributed by atoms with Crippen LogP contribution in [0.5, 0.6) is 11.5 Å². The van der Waals surface area contributed by atoms with E-state index in [1.807, 2.05) is 19.1 Å². The molecular formula is C14H20O3. The van der Waals surface area contributed by atoms with Crippen molar-refractivity contribution >= 4 is 0 Å². The van der Waals surface area contributed by atoms with Gasteiger partial charge in [0.15, 0.2) is 0 Å². The molecule has 1 aliphatic carbocycles. The van der Waals surface area contributed by atoms with Gasteiger partial charge in [-0.2, -0.15) is 0 Å². The van der Waals surface area contributed by atoms with Crippen molar-refractivity contribution in [3.63, 3.8) is 0 Å². The van der Waals surface area contributed by atoms with Crippen LogP contribution in [0.4, 0.5) is 0 Å². The average molecular weight is 236 g/mol. The molecule has 1 N–H and O–H groups in total. The summed E-state index contributed by atoms with van der Waals surface area (Å²) in [5, 5.41) is 10.6. The second-order valence-electron chi connectivity index (χ2n) is 4.76. The minimum absolute atomic E-state index is 0.719. The van der Waals surface area contributed by atoms with Crippen molar-refractivity contribution in [1.82, 2.24) is 0 Å². The van der Waals surface area contributed by atoms with Crippen molar-refractivity contribution in [1.29, 1.82) is 0 Å². The van der Waals surface area contributed by atoms with Gasteiger partial charge in [-0.15, -0.1) is 0 Å². The number of aryl methyl sites for hydroxylation is 1. The van der Waals surface area contributed by atoms with Gasteiger partial charge < -0.3 is 14.6 Å². The Morgan fingerprint density at radius 1 is 1.06 bits per heavy atom. The Morgan fingerprint density at radius 2 is 1.65 bits per heavy atom. The predicted molar refractivity (Wildman–Crippen MR) is 66.6 cm³/mol. The second-order valence-corrected chi connectivity index (χ2v) is 4.76. The lowest BCUT2D eigenvalue weighted by Gasteiger charge is -2.26. The summed E-state index contributed by atoms with van der Waals surface area (Å²) in [4.78, 5) is 0. The molecule has 0 atom stereocenters. The van der Waals surface area contributed by atoms with Crippen LogP contribution in [0, 0.1) is 6.92 Å². The number of hydrogen-bond donors (Lipinski definition) is 1. The molecule has 17 heavy (non-hydrogen) atoms. The van der Waals surface area contributed by atoms with Crippen LogP contribution in [-0.2, 0) is 5.60 Å². The Labute approximate surface area is 102 Å². The smallest absolute Gasteiger partial charge is 0.128 e. The lowest BCUT2D eigenvalue weighted by molar-refractivity contribution is 0.0418. The average Bonchev–Trinajstić information content (AvgIpc) is 2.77. The van der Waals surface area contributed by atoms with Gasteiger partial charge in [-0.1, -0.05) is 12.8 Å². The monoisotopic (exact) mass is 236 g/mol. The molecule has 94 valence electrons. The van der Waals surface area contributed by atoms with Gasteiger partial charge in [-0.3, -0.25) is 0 Å². The fourth-order valence-corrected chi connectivity index (χ4v) is 2.65. The van der Waals surface area contributed by atoms with Crippen LogP contribution in [0.1, 0.15) is 36.8 Å². The van der Waals surface area contributed by atoms with Crippen LogP contribution >= 0.6 is 0 Å². The summed E-state index contributed by atoms with van der Waals surface area (Å²) in [7, 11) is 3.28. The topological polar surface area (TPSA) is 38.7 Å². The molecule has 0 spiro atoms. The van der Waals surface area contributed by atoms with Gasteiger partial charge in [0, 0.05) is 11.6 Å². The van der Waals surface area contributed by atoms with Crippen molar-refractivity contribution in [2.75, 3.05) is 14.2 Å². The maximum Gasteiger partial charge on any atom is 0.128 e. The van der Waals surface area contributed by atoms with Gasteiger partial charge in [-0.25, -0.2) is 0 Å². The summed E-state index contributed by atoms with van der Waals surface area (Å²) in [5.74, 6) is 1.52. The predicted octanol–water partition coefficient (Wildman–Crippen LogP) is 2.77. The SMILES string of the molecule is COc1cc(OC)c(C2(O)CCCC2)cc1C. The zero-order chi connectivity index (χ0) is 12.5. The fourth-order valence-electron chi connectivity index (χ4n) is 2.65. The number of benzene rings is 1. The molecule has 3 heteroatoms. The number of aliphatic hydroxyl groups is 1. The van der Waals surface area contributed by atoms with E-state index in [0.29, 0.717) is 0 Å². The van der Waals surface area contributed by atoms with Crippen LogP contribution in [0.25, 0.3) is 0 Å². The van der Waals surface area contributed by atoms with E-state index in [4.69, 9.17) is 9.47 Å². The van der Waals surface area contributed by atoms with E-state index in [1.54, 1.807) is 14.2 Å². The first-order valence-corrected chi connectivity index (χ1v) is 6.06. The quantitative estimate of drug-likeness (QED) is 0.877. The molecule has 0 bridgehead atoms. The van der Waals surface area contributed by atoms with Gasteiger partial charge in [0.05, 0.1) is 19.8 Å². The number of rotatable bonds is 3. The van der Waals surface area contributed by atoms with Gasteiger partial charge >= 0.3 is 0 Å². The van der Waals surface area contributed by atoms with Crippen LogP contribution < -0.4 is 9.47 Å². The van der Waals surface area contributed by atoms with E-state index in [9.17, 15) is 5.11 Å². The van der Waals surface area contributed by atoms with Crippen molar-refractivity contribution in [2.24, 2.45) is 0 Å². The molecule has 2 rings (SSSR count). The first-order valence-electron chi connectivity index (χ1n) is 6.06. The molecule has 0 unspecified atom stereocenters. The third-order valence-electron chi connectivity index (χ3n) is 3.65. The highest BCUT2D eigenvalue weighted by Gasteiger charge is 2.36. The number of ether oxygens (including phenoxy) is 2. The van der Waals surface area contributed by atoms with Crippen LogP contribution in [0.3, 0.4) is 0 Å². The lowest BCUT2D eigenvalue weighted by atomic mass is 9.90. The van der Waals surface area contributed by atoms with E-state index in [1.165, 1.54) is 0 Å². The molecule has 1 fully saturated rings. The molecule has 1 aliphatic rings. The standard InChI is InChI=1S/C14H20O3/c1-10-8-11(14(15)6-4-5-7-14)13(17-3)9-12(10)16-2/h8-9,15H,4-7H2,1-3H3. The first-order chi connectivity index (χ1) is 8.10. The van der Waals surface area contributed by atoms with Crippen LogP contribution in [-0.4, -0.2) is 19.3 Å². The summed E-state index contributed by atoms with van der Waals surface area (Å²) in [6, 6.07) is 3.85. The summed E-state index contributed by atoms with van der Waals surface area (Å²) in [6.45, 7) is 1.99. The zero-order valence-electron chi connectivity index (χ0n) is 10.7. The molecular weight excluding hydrogens is 216 g/mol. The maximum atomic E-state index is 10.6. The van der Waals surface area contributed by atoms with Crippen molar-refractivity contribution < 1.29 is 14.6 Å². The highest BCUT2D eigenvalue weighted by molar-refractivity contribution is 5.48. The Kier molecular flexibility index (Phi) is 3.29. The van der Waals surface area contributed by atoms with Crippen molar-refractivity contribution in [3.8, 4) is 11.5 Å². The third-order valence-corrected chi connectivity index (χ3v) is 3.65. The first kappa shape index (κ1) is 12.2. The molecule has 3 nitrogen and oxygen atoms in total. The molecule has 0 aromatic heterocycles. The van der Waals surface area contributed by atoms with Crippen LogP contribution in [0.15, 0.2) is 12.1 Å². The number of methoxy groups -OCH3 is 2. The molecule has 1 aromatic carbocycles. The molecule has 0 amide bonds. The highest BCUT2D eigenvalue weighted by Crippen LogP contribution is 2.44. The zero-order valence-corrected chi connectivity index (χ0v) is 10.7. The van der Waals surface area contributed by atoms with Gasteiger partial charge in [-0.05, 0) is 31.4 Å². The minimum atomic E-state index is -0.720. The Morgan fingerprint density at radius 3 is 2.18 bits per heavy atom. The molecule has 0 aliphatic heterocycles. The van der Waals surface area contributed by atoms with E-state index in [2.05, 4.69) is 0 Å². The Balaban J connectivity index is 2.49. The Bertz CT molecular complexity index is 406. The van der Waals surface area contributed by atoms with Gasteiger partial charge in [0.1, 0.15) is 11.5 Å². The number of hydrogen-bond acceptors (Lipinski definition) is 3. The van der Waals surface area contributed by atoms with E-state index in [-0.39, 0.29) is 0 Å². The molecule has 1 aromatic rings. The van der Waals surface area contributed by atoms with E-state index < -0.39 is 5.60 Å². The minimum Gasteiger partial charge on any atom is -0.496 e. The highest BCUT2D eigenvalue weighted by atomic mass is 16.5. The fraction of sp³-hybridized carbons (Fsp3) is 0.571. The molecule has 1 saturated carbocycles. The summed E-state index contributed by atoms with van der Waals surface area (Å²) in [5.41, 5.74) is 1.21. The lowest BCUT2D eigenvalue weighted by Crippen LogP contribution is -2.22. The maximum absolute atomic E-state index is 10.6. The summed E-state index contributed by atoms with van der Waals surface area (Å²) >= 11 is 0. The normalized spacial score (nSPS) is 18.1. The van der Waals surface area contributed by atoms with E-state index >= 15 is 0 Å². The third kappa shape index (κ3) is 2.12. The molecule has 0 radical (unpaired) electrons. The van der Waals surface area contributed by atoms with Crippen molar-refractivity contribution in [3.05, 3.63) is 23.3 Å². The van der Waals surface area contributed by atoms with Gasteiger partial charge in [0.25, 0.3) is 0 Å². The van der Waals surface area contributed by atoms with Crippen LogP contribution in [0.2, 0.25) is 0 Å². The van der Waals surface area contributed by atoms with Crippen molar-refractivity contribution in [2.45, 2.75) is 38.2 Å². The largest absolute Gasteiger partial charge is 0.496 e. The Hall–Kier alpha value is -1.22. The summed E-state index contributed by atoms with van der Waals surface area (Å²) in [6.07, 6.45) is 3.78. The molecule has 0 saturated heterocycles. The molecule has 0 heterocycles. The summed E-state index contributed by atoms with van der Waals surface area (Å²) < 4.78 is 10.7. The second kappa shape index (κ2) is 4.57. The van der Waals surface area contributed by atoms with Gasteiger partial charge in [0.2, 0.25) is 0 Å².